The molecule has 1 aliphatic carbocycles. The fraction of sp³-hybridized carbons (Fsp3) is 0.619. The van der Waals surface area contributed by atoms with Gasteiger partial charge in [-0.05, 0) is 45.1 Å². The van der Waals surface area contributed by atoms with E-state index in [1.54, 1.807) is 10.9 Å². The molecule has 2 atom stereocenters. The number of nitrogens with zero attached hydrogens (tertiary/aromatic N) is 3. The third kappa shape index (κ3) is 5.63. The Morgan fingerprint density at radius 2 is 2.16 bits per heavy atom. The van der Waals surface area contributed by atoms with Crippen molar-refractivity contribution in [3.05, 3.63) is 29.7 Å². The number of H-pyrrole nitrogens is 1. The first-order valence-corrected chi connectivity index (χ1v) is 10.8. The maximum atomic E-state index is 12.3. The van der Waals surface area contributed by atoms with Gasteiger partial charge in [-0.3, -0.25) is 14.6 Å². The van der Waals surface area contributed by atoms with Crippen molar-refractivity contribution >= 4 is 17.8 Å². The number of nitrogens with one attached hydrogen (secondary N) is 3. The van der Waals surface area contributed by atoms with E-state index < -0.39 is 0 Å². The smallest absolute Gasteiger partial charge is 0.407 e. The Labute approximate surface area is 181 Å². The highest BCUT2D eigenvalue weighted by atomic mass is 16.6. The quantitative estimate of drug-likeness (QED) is 0.646. The van der Waals surface area contributed by atoms with Crippen LogP contribution in [0.15, 0.2) is 18.3 Å². The van der Waals surface area contributed by atoms with Crippen LogP contribution < -0.4 is 10.6 Å². The van der Waals surface area contributed by atoms with Gasteiger partial charge in [0, 0.05) is 49.7 Å². The van der Waals surface area contributed by atoms with Gasteiger partial charge in [-0.25, -0.2) is 4.79 Å². The number of carbonyl (C=O) groups is 2. The highest BCUT2D eigenvalue weighted by molar-refractivity contribution is 5.91. The first-order chi connectivity index (χ1) is 14.9. The molecular formula is C21H30N6O4. The van der Waals surface area contributed by atoms with Crippen LogP contribution in [0.4, 0.5) is 10.6 Å². The first kappa shape index (κ1) is 21.4. The molecule has 10 heteroatoms. The lowest BCUT2D eigenvalue weighted by atomic mass is 9.93. The molecule has 31 heavy (non-hydrogen) atoms. The zero-order valence-electron chi connectivity index (χ0n) is 18.0. The van der Waals surface area contributed by atoms with E-state index in [0.29, 0.717) is 24.7 Å². The Bertz CT molecular complexity index is 917. The normalized spacial score (nSPS) is 22.8. The van der Waals surface area contributed by atoms with Crippen LogP contribution >= 0.6 is 0 Å². The summed E-state index contributed by atoms with van der Waals surface area (Å²) in [4.78, 5) is 24.5. The second kappa shape index (κ2) is 9.09. The highest BCUT2D eigenvalue weighted by Gasteiger charge is 2.33. The lowest BCUT2D eigenvalue weighted by Crippen LogP contribution is -2.50. The standard InChI is InChI=1S/C21H30N6O4/c1-21(6-9-30-10-7-21)23-20(29)31-16-4-3-14(11-16)17-13-18(25-24-17)22-19(28)12-15-5-8-27(2)26-15/h5,8,13-14,16H,3-4,6-7,9-12H2,1-2H3,(H,23,29)(H2,22,24,25,28)/t14-,16+/m0/s1. The van der Waals surface area contributed by atoms with Crippen molar-refractivity contribution in [2.45, 2.75) is 63.0 Å². The molecule has 1 saturated carbocycles. The second-order valence-electron chi connectivity index (χ2n) is 8.75. The molecule has 2 aromatic heterocycles. The monoisotopic (exact) mass is 430 g/mol. The number of alkyl carbamates (subject to hydrolysis) is 1. The number of carbonyl (C=O) groups excluding carboxylic acids is 2. The molecule has 1 saturated heterocycles. The number of ether oxygens (including phenoxy) is 2. The zero-order valence-corrected chi connectivity index (χ0v) is 18.0. The van der Waals surface area contributed by atoms with E-state index in [1.165, 1.54) is 0 Å². The van der Waals surface area contributed by atoms with Crippen molar-refractivity contribution in [2.24, 2.45) is 7.05 Å². The minimum absolute atomic E-state index is 0.126. The maximum absolute atomic E-state index is 12.3. The Balaban J connectivity index is 1.24. The third-order valence-corrected chi connectivity index (χ3v) is 6.07. The predicted molar refractivity (Wildman–Crippen MR) is 113 cm³/mol. The average Bonchev–Trinajstić information content (AvgIpc) is 3.44. The molecule has 2 fully saturated rings. The molecule has 0 unspecified atom stereocenters. The molecule has 2 aromatic rings. The number of anilines is 1. The van der Waals surface area contributed by atoms with Crippen molar-refractivity contribution in [3.63, 3.8) is 0 Å². The van der Waals surface area contributed by atoms with Gasteiger partial charge in [0.2, 0.25) is 5.91 Å². The predicted octanol–water partition coefficient (Wildman–Crippen LogP) is 2.26. The van der Waals surface area contributed by atoms with Gasteiger partial charge < -0.3 is 20.1 Å². The lowest BCUT2D eigenvalue weighted by Gasteiger charge is -2.34. The van der Waals surface area contributed by atoms with Crippen LogP contribution in [-0.4, -0.2) is 56.8 Å². The van der Waals surface area contributed by atoms with Crippen LogP contribution in [0.25, 0.3) is 0 Å². The molecule has 2 amide bonds. The van der Waals surface area contributed by atoms with Gasteiger partial charge in [-0.15, -0.1) is 0 Å². The molecule has 0 aromatic carbocycles. The Hall–Kier alpha value is -2.88. The molecule has 1 aliphatic heterocycles. The van der Waals surface area contributed by atoms with E-state index in [2.05, 4.69) is 25.9 Å². The summed E-state index contributed by atoms with van der Waals surface area (Å²) < 4.78 is 12.7. The van der Waals surface area contributed by atoms with E-state index in [0.717, 1.165) is 37.8 Å². The van der Waals surface area contributed by atoms with Crippen molar-refractivity contribution in [3.8, 4) is 0 Å². The molecule has 10 nitrogen and oxygen atoms in total. The van der Waals surface area contributed by atoms with Gasteiger partial charge in [0.25, 0.3) is 0 Å². The molecule has 0 bridgehead atoms. The maximum Gasteiger partial charge on any atom is 0.407 e. The lowest BCUT2D eigenvalue weighted by molar-refractivity contribution is -0.115. The number of aryl methyl sites for hydroxylation is 1. The van der Waals surface area contributed by atoms with Crippen molar-refractivity contribution in [1.29, 1.82) is 0 Å². The summed E-state index contributed by atoms with van der Waals surface area (Å²) >= 11 is 0. The molecule has 0 radical (unpaired) electrons. The average molecular weight is 431 g/mol. The Kier molecular flexibility index (Phi) is 6.26. The van der Waals surface area contributed by atoms with Gasteiger partial charge in [0.1, 0.15) is 6.10 Å². The van der Waals surface area contributed by atoms with Crippen LogP contribution in [0.5, 0.6) is 0 Å². The molecule has 3 heterocycles. The summed E-state index contributed by atoms with van der Waals surface area (Å²) in [6.45, 7) is 3.34. The van der Waals surface area contributed by atoms with Gasteiger partial charge in [-0.2, -0.15) is 10.2 Å². The van der Waals surface area contributed by atoms with Crippen LogP contribution in [-0.2, 0) is 27.7 Å². The summed E-state index contributed by atoms with van der Waals surface area (Å²) in [5.41, 5.74) is 1.38. The van der Waals surface area contributed by atoms with E-state index in [1.807, 2.05) is 26.1 Å². The number of aromatic amines is 1. The number of rotatable bonds is 6. The van der Waals surface area contributed by atoms with Crippen LogP contribution in [0, 0.1) is 0 Å². The van der Waals surface area contributed by atoms with Crippen molar-refractivity contribution < 1.29 is 19.1 Å². The molecule has 4 rings (SSSR count). The van der Waals surface area contributed by atoms with Gasteiger partial charge in [0.15, 0.2) is 5.82 Å². The van der Waals surface area contributed by atoms with Crippen LogP contribution in [0.2, 0.25) is 0 Å². The highest BCUT2D eigenvalue weighted by Crippen LogP contribution is 2.36. The summed E-state index contributed by atoms with van der Waals surface area (Å²) in [6, 6.07) is 3.67. The molecule has 0 spiro atoms. The Morgan fingerprint density at radius 1 is 1.35 bits per heavy atom. The minimum Gasteiger partial charge on any atom is -0.446 e. The third-order valence-electron chi connectivity index (χ3n) is 6.07. The number of hydrogen-bond donors (Lipinski definition) is 3. The minimum atomic E-state index is -0.359. The van der Waals surface area contributed by atoms with Gasteiger partial charge >= 0.3 is 6.09 Å². The van der Waals surface area contributed by atoms with E-state index >= 15 is 0 Å². The van der Waals surface area contributed by atoms with E-state index in [-0.39, 0.29) is 36.0 Å². The topological polar surface area (TPSA) is 123 Å². The van der Waals surface area contributed by atoms with Crippen LogP contribution in [0.1, 0.15) is 56.3 Å². The second-order valence-corrected chi connectivity index (χ2v) is 8.75. The SMILES string of the molecule is Cn1ccc(CC(=O)Nc2cc([C@H]3CC[C@@H](OC(=O)NC4(C)CCOCC4)C3)[nH]n2)n1. The van der Waals surface area contributed by atoms with Crippen molar-refractivity contribution in [1.82, 2.24) is 25.3 Å². The summed E-state index contributed by atoms with van der Waals surface area (Å²) in [6.07, 6.45) is 5.53. The number of amides is 2. The van der Waals surface area contributed by atoms with Crippen LogP contribution in [0.3, 0.4) is 0 Å². The summed E-state index contributed by atoms with van der Waals surface area (Å²) in [5.74, 6) is 0.540. The van der Waals surface area contributed by atoms with Gasteiger partial charge in [0.05, 0.1) is 12.1 Å². The Morgan fingerprint density at radius 3 is 2.90 bits per heavy atom. The number of aromatic nitrogens is 4. The van der Waals surface area contributed by atoms with Gasteiger partial charge in [-0.1, -0.05) is 0 Å². The van der Waals surface area contributed by atoms with E-state index in [4.69, 9.17) is 9.47 Å². The molecular weight excluding hydrogens is 400 g/mol. The van der Waals surface area contributed by atoms with Crippen molar-refractivity contribution in [2.75, 3.05) is 18.5 Å². The zero-order chi connectivity index (χ0) is 21.8. The molecule has 2 aliphatic rings. The molecule has 3 N–H and O–H groups in total. The largest absolute Gasteiger partial charge is 0.446 e. The molecule has 168 valence electrons. The summed E-state index contributed by atoms with van der Waals surface area (Å²) in [5, 5.41) is 17.2. The summed E-state index contributed by atoms with van der Waals surface area (Å²) in [7, 11) is 1.81. The number of hydrogen-bond acceptors (Lipinski definition) is 6. The van der Waals surface area contributed by atoms with E-state index in [9.17, 15) is 9.59 Å². The first-order valence-electron chi connectivity index (χ1n) is 10.8. The fourth-order valence-electron chi connectivity index (χ4n) is 4.22. The fourth-order valence-corrected chi connectivity index (χ4v) is 4.22.